The Morgan fingerprint density at radius 3 is 2.69 bits per heavy atom. The van der Waals surface area contributed by atoms with E-state index in [-0.39, 0.29) is 5.41 Å². The van der Waals surface area contributed by atoms with Crippen LogP contribution in [0.1, 0.15) is 22.3 Å². The Bertz CT molecular complexity index is 1090. The summed E-state index contributed by atoms with van der Waals surface area (Å²) in [5, 5.41) is 0. The normalized spacial score (nSPS) is 20.9. The van der Waals surface area contributed by atoms with Crippen LogP contribution in [-0.4, -0.2) is 26.0 Å². The van der Waals surface area contributed by atoms with Gasteiger partial charge in [-0.1, -0.05) is 30.3 Å². The molecule has 29 heavy (non-hydrogen) atoms. The Morgan fingerprint density at radius 1 is 0.966 bits per heavy atom. The Kier molecular flexibility index (Phi) is 3.85. The van der Waals surface area contributed by atoms with Crippen LogP contribution in [0, 0.1) is 0 Å². The van der Waals surface area contributed by atoms with Gasteiger partial charge in [0.05, 0.1) is 12.0 Å². The Morgan fingerprint density at radius 2 is 1.83 bits per heavy atom. The molecule has 0 fully saturated rings. The lowest BCUT2D eigenvalue weighted by Crippen LogP contribution is -2.35. The van der Waals surface area contributed by atoms with E-state index in [1.54, 1.807) is 11.8 Å². The lowest BCUT2D eigenvalue weighted by Gasteiger charge is -2.25. The van der Waals surface area contributed by atoms with Gasteiger partial charge in [0.2, 0.25) is 0 Å². The maximum Gasteiger partial charge on any atom is 0.127 e. The number of hydrogen-bond donors (Lipinski definition) is 0. The summed E-state index contributed by atoms with van der Waals surface area (Å²) in [5.41, 5.74) is 6.61. The highest BCUT2D eigenvalue weighted by molar-refractivity contribution is 7.98. The van der Waals surface area contributed by atoms with Gasteiger partial charge in [-0.25, -0.2) is 0 Å². The molecule has 3 heterocycles. The van der Waals surface area contributed by atoms with Crippen molar-refractivity contribution in [2.24, 2.45) is 0 Å². The number of nitrogens with zero attached hydrogens (tertiary/aromatic N) is 1. The van der Waals surface area contributed by atoms with Gasteiger partial charge in [-0.15, -0.1) is 11.8 Å². The molecule has 1 spiro atoms. The third-order valence-corrected chi connectivity index (χ3v) is 7.28. The topological polar surface area (TPSA) is 21.7 Å². The van der Waals surface area contributed by atoms with Crippen LogP contribution in [0.2, 0.25) is 0 Å². The molecule has 3 aliphatic rings. The average Bonchev–Trinajstić information content (AvgIpc) is 3.45. The maximum atomic E-state index is 6.24. The van der Waals surface area contributed by atoms with E-state index in [9.17, 15) is 0 Å². The van der Waals surface area contributed by atoms with E-state index in [4.69, 9.17) is 9.47 Å². The minimum atomic E-state index is -0.0945. The molecule has 0 saturated carbocycles. The molecule has 0 aliphatic carbocycles. The first kappa shape index (κ1) is 17.3. The first-order chi connectivity index (χ1) is 14.3. The first-order valence-electron chi connectivity index (χ1n) is 10.2. The number of anilines is 1. The Labute approximate surface area is 175 Å². The van der Waals surface area contributed by atoms with Gasteiger partial charge >= 0.3 is 0 Å². The predicted octanol–water partition coefficient (Wildman–Crippen LogP) is 5.04. The van der Waals surface area contributed by atoms with Crippen LogP contribution in [-0.2, 0) is 18.4 Å². The zero-order chi connectivity index (χ0) is 19.4. The number of thioether (sulfide) groups is 1. The van der Waals surface area contributed by atoms with Crippen molar-refractivity contribution in [3.05, 3.63) is 82.9 Å². The monoisotopic (exact) mass is 401 g/mol. The third kappa shape index (κ3) is 2.58. The van der Waals surface area contributed by atoms with Crippen LogP contribution in [0.4, 0.5) is 5.69 Å². The molecule has 3 aromatic rings. The lowest BCUT2D eigenvalue weighted by molar-refractivity contribution is 0.297. The zero-order valence-corrected chi connectivity index (χ0v) is 17.3. The number of para-hydroxylation sites is 1. The fourth-order valence-corrected chi connectivity index (χ4v) is 5.48. The standard InChI is InChI=1S/C25H23NO2S/c1-29-19-8-6-17(7-9-19)14-26-15-25(20-4-2-3-5-22(20)26)16-28-24-13-23-18(10-11-27-23)12-21(24)25/h2-9,12-13H,10-11,14-16H2,1H3. The summed E-state index contributed by atoms with van der Waals surface area (Å²) in [6, 6.07) is 22.2. The highest BCUT2D eigenvalue weighted by atomic mass is 32.2. The van der Waals surface area contributed by atoms with E-state index in [0.717, 1.165) is 37.6 Å². The fraction of sp³-hybridized carbons (Fsp3) is 0.280. The maximum absolute atomic E-state index is 6.24. The number of rotatable bonds is 3. The number of fused-ring (bicyclic) bond motifs is 5. The molecule has 0 N–H and O–H groups in total. The predicted molar refractivity (Wildman–Crippen MR) is 118 cm³/mol. The van der Waals surface area contributed by atoms with Crippen LogP contribution in [0.25, 0.3) is 0 Å². The molecule has 0 radical (unpaired) electrons. The zero-order valence-electron chi connectivity index (χ0n) is 16.5. The van der Waals surface area contributed by atoms with Gasteiger partial charge in [0, 0.05) is 41.7 Å². The number of ether oxygens (including phenoxy) is 2. The van der Waals surface area contributed by atoms with Crippen LogP contribution in [0.15, 0.2) is 65.6 Å². The van der Waals surface area contributed by atoms with Gasteiger partial charge in [-0.3, -0.25) is 0 Å². The average molecular weight is 402 g/mol. The summed E-state index contributed by atoms with van der Waals surface area (Å²) in [5.74, 6) is 1.99. The molecular weight excluding hydrogens is 378 g/mol. The summed E-state index contributed by atoms with van der Waals surface area (Å²) in [6.07, 6.45) is 3.11. The molecule has 0 saturated heterocycles. The van der Waals surface area contributed by atoms with Crippen molar-refractivity contribution in [3.63, 3.8) is 0 Å². The van der Waals surface area contributed by atoms with Gasteiger partial charge in [0.25, 0.3) is 0 Å². The molecule has 1 unspecified atom stereocenters. The van der Waals surface area contributed by atoms with Gasteiger partial charge in [-0.2, -0.15) is 0 Å². The quantitative estimate of drug-likeness (QED) is 0.573. The third-order valence-electron chi connectivity index (χ3n) is 6.53. The summed E-state index contributed by atoms with van der Waals surface area (Å²) in [7, 11) is 0. The molecular formula is C25H23NO2S. The second-order valence-electron chi connectivity index (χ2n) is 8.15. The van der Waals surface area contributed by atoms with E-state index in [1.165, 1.54) is 32.8 Å². The van der Waals surface area contributed by atoms with Crippen LogP contribution in [0.5, 0.6) is 11.5 Å². The first-order valence-corrected chi connectivity index (χ1v) is 11.4. The van der Waals surface area contributed by atoms with Crippen molar-refractivity contribution in [3.8, 4) is 11.5 Å². The highest BCUT2D eigenvalue weighted by Crippen LogP contribution is 2.53. The second kappa shape index (κ2) is 6.46. The van der Waals surface area contributed by atoms with Crippen molar-refractivity contribution in [2.75, 3.05) is 30.9 Å². The van der Waals surface area contributed by atoms with Crippen molar-refractivity contribution in [2.45, 2.75) is 23.3 Å². The summed E-state index contributed by atoms with van der Waals surface area (Å²) in [4.78, 5) is 3.83. The fourth-order valence-electron chi connectivity index (χ4n) is 5.08. The van der Waals surface area contributed by atoms with Crippen molar-refractivity contribution in [1.29, 1.82) is 0 Å². The summed E-state index contributed by atoms with van der Waals surface area (Å²) in [6.45, 7) is 3.34. The molecule has 3 aromatic carbocycles. The van der Waals surface area contributed by atoms with Gasteiger partial charge in [0.15, 0.2) is 0 Å². The Balaban J connectivity index is 1.41. The minimum absolute atomic E-state index is 0.0945. The van der Waals surface area contributed by atoms with E-state index in [2.05, 4.69) is 71.8 Å². The van der Waals surface area contributed by atoms with Gasteiger partial charge in [0.1, 0.15) is 18.1 Å². The van der Waals surface area contributed by atoms with E-state index in [0.29, 0.717) is 6.61 Å². The highest BCUT2D eigenvalue weighted by Gasteiger charge is 2.50. The Hall–Kier alpha value is -2.59. The van der Waals surface area contributed by atoms with E-state index >= 15 is 0 Å². The van der Waals surface area contributed by atoms with Crippen LogP contribution < -0.4 is 14.4 Å². The molecule has 6 rings (SSSR count). The van der Waals surface area contributed by atoms with E-state index < -0.39 is 0 Å². The van der Waals surface area contributed by atoms with E-state index in [1.807, 2.05) is 0 Å². The summed E-state index contributed by atoms with van der Waals surface area (Å²) >= 11 is 1.79. The molecule has 3 aliphatic heterocycles. The lowest BCUT2D eigenvalue weighted by atomic mass is 9.77. The van der Waals surface area contributed by atoms with Crippen LogP contribution >= 0.6 is 11.8 Å². The molecule has 146 valence electrons. The molecule has 3 nitrogen and oxygen atoms in total. The molecule has 1 atom stereocenters. The SMILES string of the molecule is CSc1ccc(CN2CC3(COc4cc5c(cc43)CCO5)c3ccccc32)cc1. The molecule has 4 heteroatoms. The van der Waals surface area contributed by atoms with Gasteiger partial charge < -0.3 is 14.4 Å². The smallest absolute Gasteiger partial charge is 0.127 e. The minimum Gasteiger partial charge on any atom is -0.493 e. The van der Waals surface area contributed by atoms with Crippen molar-refractivity contribution in [1.82, 2.24) is 0 Å². The second-order valence-corrected chi connectivity index (χ2v) is 9.03. The molecule has 0 amide bonds. The molecule has 0 aromatic heterocycles. The largest absolute Gasteiger partial charge is 0.493 e. The van der Waals surface area contributed by atoms with Crippen molar-refractivity contribution < 1.29 is 9.47 Å². The van der Waals surface area contributed by atoms with Crippen LogP contribution in [0.3, 0.4) is 0 Å². The summed E-state index contributed by atoms with van der Waals surface area (Å²) < 4.78 is 12.0. The molecule has 0 bridgehead atoms. The number of benzene rings is 3. The van der Waals surface area contributed by atoms with Gasteiger partial charge in [-0.05, 0) is 47.2 Å². The number of hydrogen-bond acceptors (Lipinski definition) is 4. The van der Waals surface area contributed by atoms with Crippen molar-refractivity contribution >= 4 is 17.4 Å².